The summed E-state index contributed by atoms with van der Waals surface area (Å²) in [6.45, 7) is 16.0. The van der Waals surface area contributed by atoms with E-state index in [-0.39, 0.29) is 0 Å². The van der Waals surface area contributed by atoms with Crippen LogP contribution in [0.15, 0.2) is 24.3 Å². The zero-order chi connectivity index (χ0) is 15.2. The Morgan fingerprint density at radius 2 is 1.65 bits per heavy atom. The molecular formula is C19H33N. The summed E-state index contributed by atoms with van der Waals surface area (Å²) in [5.41, 5.74) is 3.25. The van der Waals surface area contributed by atoms with E-state index in [4.69, 9.17) is 0 Å². The molecule has 0 amide bonds. The van der Waals surface area contributed by atoms with Gasteiger partial charge in [-0.25, -0.2) is 0 Å². The van der Waals surface area contributed by atoms with Crippen molar-refractivity contribution >= 4 is 0 Å². The van der Waals surface area contributed by atoms with Gasteiger partial charge in [0.1, 0.15) is 0 Å². The van der Waals surface area contributed by atoms with Crippen molar-refractivity contribution in [2.45, 2.75) is 60.3 Å². The molecule has 114 valence electrons. The van der Waals surface area contributed by atoms with Gasteiger partial charge < -0.3 is 5.32 Å². The second kappa shape index (κ2) is 7.83. The molecule has 0 aromatic heterocycles. The number of nitrogens with one attached hydrogen (secondary N) is 1. The van der Waals surface area contributed by atoms with Gasteiger partial charge in [-0.2, -0.15) is 0 Å². The number of benzene rings is 1. The lowest BCUT2D eigenvalue weighted by Gasteiger charge is -2.31. The predicted molar refractivity (Wildman–Crippen MR) is 90.3 cm³/mol. The lowest BCUT2D eigenvalue weighted by Crippen LogP contribution is -2.33. The molecule has 1 atom stereocenters. The van der Waals surface area contributed by atoms with Gasteiger partial charge >= 0.3 is 0 Å². The minimum Gasteiger partial charge on any atom is -0.316 e. The smallest absolute Gasteiger partial charge is 0.00123 e. The van der Waals surface area contributed by atoms with E-state index < -0.39 is 0 Å². The van der Waals surface area contributed by atoms with Crippen LogP contribution in [-0.2, 0) is 6.42 Å². The van der Waals surface area contributed by atoms with Crippen LogP contribution >= 0.6 is 0 Å². The fourth-order valence-corrected chi connectivity index (χ4v) is 2.46. The Hall–Kier alpha value is -0.820. The molecule has 1 unspecified atom stereocenters. The molecule has 0 bridgehead atoms. The van der Waals surface area contributed by atoms with Gasteiger partial charge in [0, 0.05) is 0 Å². The summed E-state index contributed by atoms with van der Waals surface area (Å²) in [5, 5.41) is 3.59. The van der Waals surface area contributed by atoms with Crippen molar-refractivity contribution in [3.63, 3.8) is 0 Å². The molecule has 0 saturated carbocycles. The fraction of sp³-hybridized carbons (Fsp3) is 0.684. The molecule has 0 spiro atoms. The Morgan fingerprint density at radius 1 is 1.05 bits per heavy atom. The SMILES string of the molecule is CCCNCC(Cc1ccc(C(C)C)cc1)C(C)(C)C. The summed E-state index contributed by atoms with van der Waals surface area (Å²) in [7, 11) is 0. The Balaban J connectivity index is 2.68. The van der Waals surface area contributed by atoms with Crippen LogP contribution in [0.25, 0.3) is 0 Å². The highest BCUT2D eigenvalue weighted by molar-refractivity contribution is 5.25. The lowest BCUT2D eigenvalue weighted by atomic mass is 9.77. The van der Waals surface area contributed by atoms with Crippen molar-refractivity contribution in [3.05, 3.63) is 35.4 Å². The second-order valence-corrected chi connectivity index (χ2v) is 7.37. The highest BCUT2D eigenvalue weighted by Gasteiger charge is 2.24. The molecular weight excluding hydrogens is 242 g/mol. The average molecular weight is 275 g/mol. The highest BCUT2D eigenvalue weighted by Crippen LogP contribution is 2.29. The Morgan fingerprint density at radius 3 is 2.10 bits per heavy atom. The summed E-state index contributed by atoms with van der Waals surface area (Å²) < 4.78 is 0. The summed E-state index contributed by atoms with van der Waals surface area (Å²) in [6.07, 6.45) is 2.37. The third kappa shape index (κ3) is 5.66. The van der Waals surface area contributed by atoms with Gasteiger partial charge in [0.15, 0.2) is 0 Å². The molecule has 1 N–H and O–H groups in total. The molecule has 0 aliphatic rings. The van der Waals surface area contributed by atoms with Crippen molar-refractivity contribution in [3.8, 4) is 0 Å². The minimum atomic E-state index is 0.345. The van der Waals surface area contributed by atoms with Crippen molar-refractivity contribution < 1.29 is 0 Å². The van der Waals surface area contributed by atoms with Crippen molar-refractivity contribution in [1.82, 2.24) is 5.32 Å². The van der Waals surface area contributed by atoms with E-state index in [1.54, 1.807) is 0 Å². The molecule has 0 aliphatic heterocycles. The molecule has 1 rings (SSSR count). The zero-order valence-electron chi connectivity index (χ0n) is 14.3. The molecule has 20 heavy (non-hydrogen) atoms. The van der Waals surface area contributed by atoms with Crippen LogP contribution in [0.3, 0.4) is 0 Å². The fourth-order valence-electron chi connectivity index (χ4n) is 2.46. The van der Waals surface area contributed by atoms with Gasteiger partial charge in [0.25, 0.3) is 0 Å². The first-order valence-electron chi connectivity index (χ1n) is 8.14. The molecule has 1 aromatic carbocycles. The van der Waals surface area contributed by atoms with Crippen LogP contribution in [0.2, 0.25) is 0 Å². The largest absolute Gasteiger partial charge is 0.316 e. The first-order valence-corrected chi connectivity index (χ1v) is 8.14. The first-order chi connectivity index (χ1) is 9.34. The van der Waals surface area contributed by atoms with E-state index in [0.717, 1.165) is 13.1 Å². The molecule has 0 heterocycles. The summed E-state index contributed by atoms with van der Waals surface area (Å²) in [4.78, 5) is 0. The maximum Gasteiger partial charge on any atom is -0.00123 e. The van der Waals surface area contributed by atoms with E-state index in [1.165, 1.54) is 24.0 Å². The highest BCUT2D eigenvalue weighted by atomic mass is 14.9. The van der Waals surface area contributed by atoms with Crippen LogP contribution < -0.4 is 5.32 Å². The van der Waals surface area contributed by atoms with Gasteiger partial charge in [0.2, 0.25) is 0 Å². The van der Waals surface area contributed by atoms with E-state index in [1.807, 2.05) is 0 Å². The van der Waals surface area contributed by atoms with Gasteiger partial charge in [-0.05, 0) is 54.3 Å². The average Bonchev–Trinajstić information content (AvgIpc) is 2.37. The third-order valence-electron chi connectivity index (χ3n) is 4.17. The summed E-state index contributed by atoms with van der Waals surface area (Å²) >= 11 is 0. The normalized spacial score (nSPS) is 13.8. The zero-order valence-corrected chi connectivity index (χ0v) is 14.3. The van der Waals surface area contributed by atoms with E-state index >= 15 is 0 Å². The Labute approximate surface area is 126 Å². The molecule has 0 saturated heterocycles. The summed E-state index contributed by atoms with van der Waals surface area (Å²) in [6, 6.07) is 9.21. The second-order valence-electron chi connectivity index (χ2n) is 7.37. The van der Waals surface area contributed by atoms with Gasteiger partial charge in [-0.3, -0.25) is 0 Å². The minimum absolute atomic E-state index is 0.345. The van der Waals surface area contributed by atoms with Crippen LogP contribution in [0.5, 0.6) is 0 Å². The Bertz CT molecular complexity index is 370. The standard InChI is InChI=1S/C19H33N/c1-7-12-20-14-18(19(4,5)6)13-16-8-10-17(11-9-16)15(2)3/h8-11,15,18,20H,7,12-14H2,1-6H3. The first kappa shape index (κ1) is 17.2. The van der Waals surface area contributed by atoms with Crippen molar-refractivity contribution in [1.29, 1.82) is 0 Å². The van der Waals surface area contributed by atoms with Crippen LogP contribution in [0.4, 0.5) is 0 Å². The Kier molecular flexibility index (Phi) is 6.75. The quantitative estimate of drug-likeness (QED) is 0.689. The third-order valence-corrected chi connectivity index (χ3v) is 4.17. The van der Waals surface area contributed by atoms with Crippen LogP contribution in [0.1, 0.15) is 65.0 Å². The van der Waals surface area contributed by atoms with Crippen molar-refractivity contribution in [2.24, 2.45) is 11.3 Å². The molecule has 0 fully saturated rings. The molecule has 1 nitrogen and oxygen atoms in total. The number of hydrogen-bond donors (Lipinski definition) is 1. The predicted octanol–water partition coefficient (Wildman–Crippen LogP) is 5.01. The van der Waals surface area contributed by atoms with E-state index in [0.29, 0.717) is 17.3 Å². The van der Waals surface area contributed by atoms with Crippen molar-refractivity contribution in [2.75, 3.05) is 13.1 Å². The molecule has 0 radical (unpaired) electrons. The van der Waals surface area contributed by atoms with E-state index in [9.17, 15) is 0 Å². The van der Waals surface area contributed by atoms with Crippen LogP contribution in [-0.4, -0.2) is 13.1 Å². The van der Waals surface area contributed by atoms with Gasteiger partial charge in [-0.15, -0.1) is 0 Å². The molecule has 1 heteroatoms. The molecule has 1 aromatic rings. The van der Waals surface area contributed by atoms with Crippen LogP contribution in [0, 0.1) is 11.3 Å². The maximum absolute atomic E-state index is 3.59. The monoisotopic (exact) mass is 275 g/mol. The summed E-state index contributed by atoms with van der Waals surface area (Å²) in [5.74, 6) is 1.30. The number of rotatable bonds is 7. The molecule has 0 aliphatic carbocycles. The van der Waals surface area contributed by atoms with Gasteiger partial charge in [0.05, 0.1) is 0 Å². The maximum atomic E-state index is 3.59. The van der Waals surface area contributed by atoms with E-state index in [2.05, 4.69) is 71.1 Å². The number of hydrogen-bond acceptors (Lipinski definition) is 1. The van der Waals surface area contributed by atoms with Gasteiger partial charge in [-0.1, -0.05) is 65.8 Å². The topological polar surface area (TPSA) is 12.0 Å². The lowest BCUT2D eigenvalue weighted by molar-refractivity contribution is 0.231.